The zero-order valence-corrected chi connectivity index (χ0v) is 16.2. The minimum absolute atomic E-state index is 0.172. The number of imidazole rings is 1. The van der Waals surface area contributed by atoms with Gasteiger partial charge in [0.05, 0.1) is 5.52 Å². The summed E-state index contributed by atoms with van der Waals surface area (Å²) in [7, 11) is 1.54. The van der Waals surface area contributed by atoms with Gasteiger partial charge in [0.1, 0.15) is 34.5 Å². The maximum absolute atomic E-state index is 14.6. The van der Waals surface area contributed by atoms with E-state index in [2.05, 4.69) is 15.1 Å². The molecule has 3 aromatic heterocycles. The Morgan fingerprint density at radius 1 is 1.25 bits per heavy atom. The van der Waals surface area contributed by atoms with Crippen LogP contribution in [0.15, 0.2) is 33.8 Å². The number of methoxy groups -OCH3 is 1. The summed E-state index contributed by atoms with van der Waals surface area (Å²) >= 11 is 0. The van der Waals surface area contributed by atoms with Crippen LogP contribution in [0.5, 0.6) is 0 Å². The van der Waals surface area contributed by atoms with Crippen LogP contribution in [0.1, 0.15) is 39.6 Å². The highest BCUT2D eigenvalue weighted by atomic mass is 19.1. The summed E-state index contributed by atoms with van der Waals surface area (Å²) in [5.74, 6) is -0.0305. The Labute approximate surface area is 159 Å². The number of fused-ring (bicyclic) bond motifs is 3. The van der Waals surface area contributed by atoms with Gasteiger partial charge in [0.25, 0.3) is 11.4 Å². The van der Waals surface area contributed by atoms with E-state index < -0.39 is 11.4 Å². The van der Waals surface area contributed by atoms with Crippen molar-refractivity contribution in [3.8, 4) is 11.5 Å². The fourth-order valence-corrected chi connectivity index (χ4v) is 3.20. The third-order valence-corrected chi connectivity index (χ3v) is 4.83. The lowest BCUT2D eigenvalue weighted by molar-refractivity contribution is -0.00786. The van der Waals surface area contributed by atoms with Gasteiger partial charge in [-0.15, -0.1) is 0 Å². The van der Waals surface area contributed by atoms with Crippen LogP contribution in [0.3, 0.4) is 0 Å². The monoisotopic (exact) mass is 385 g/mol. The first-order valence-electron chi connectivity index (χ1n) is 8.85. The van der Waals surface area contributed by atoms with Crippen LogP contribution in [0.4, 0.5) is 4.39 Å². The van der Waals surface area contributed by atoms with E-state index in [1.54, 1.807) is 30.4 Å². The summed E-state index contributed by atoms with van der Waals surface area (Å²) in [6.45, 7) is 7.23. The zero-order valence-electron chi connectivity index (χ0n) is 16.2. The Balaban J connectivity index is 2.06. The van der Waals surface area contributed by atoms with Crippen molar-refractivity contribution in [2.45, 2.75) is 39.3 Å². The predicted octanol–water partition coefficient (Wildman–Crippen LogP) is 3.30. The minimum atomic E-state index is -0.783. The molecule has 0 unspecified atom stereocenters. The van der Waals surface area contributed by atoms with Gasteiger partial charge in [-0.3, -0.25) is 13.8 Å². The van der Waals surface area contributed by atoms with Gasteiger partial charge in [-0.05, 0) is 39.8 Å². The van der Waals surface area contributed by atoms with Crippen molar-refractivity contribution < 1.29 is 13.7 Å². The van der Waals surface area contributed by atoms with E-state index in [1.807, 2.05) is 13.8 Å². The number of rotatable bonds is 4. The molecule has 4 rings (SSSR count). The number of hydrogen-bond donors (Lipinski definition) is 0. The highest BCUT2D eigenvalue weighted by molar-refractivity contribution is 5.84. The van der Waals surface area contributed by atoms with Gasteiger partial charge >= 0.3 is 0 Å². The maximum atomic E-state index is 14.6. The summed E-state index contributed by atoms with van der Waals surface area (Å²) in [5, 5.41) is 3.97. The van der Waals surface area contributed by atoms with Crippen molar-refractivity contribution >= 4 is 16.6 Å². The van der Waals surface area contributed by atoms with E-state index in [4.69, 9.17) is 9.26 Å². The average Bonchev–Trinajstić information content (AvgIpc) is 3.30. The number of para-hydroxylation sites is 1. The number of hydrogen-bond acceptors (Lipinski definition) is 6. The quantitative estimate of drug-likeness (QED) is 0.536. The van der Waals surface area contributed by atoms with Gasteiger partial charge in [-0.2, -0.15) is 4.98 Å². The minimum Gasteiger partial charge on any atom is -0.369 e. The van der Waals surface area contributed by atoms with Crippen LogP contribution in [0.2, 0.25) is 0 Å². The van der Waals surface area contributed by atoms with Gasteiger partial charge in [0, 0.05) is 13.2 Å². The topological polar surface area (TPSA) is 87.5 Å². The Morgan fingerprint density at radius 2 is 2.00 bits per heavy atom. The van der Waals surface area contributed by atoms with Crippen molar-refractivity contribution in [1.29, 1.82) is 0 Å². The number of halogens is 1. The second-order valence-electron chi connectivity index (χ2n) is 7.33. The SMILES string of the molecule is COC(C)(C)c1nc(-c2ncn3c2c(=O)n(C(C)C)c2c(F)cccc23)no1. The molecule has 0 saturated carbocycles. The van der Waals surface area contributed by atoms with Crippen LogP contribution in [0, 0.1) is 5.82 Å². The van der Waals surface area contributed by atoms with Crippen LogP contribution >= 0.6 is 0 Å². The fourth-order valence-electron chi connectivity index (χ4n) is 3.20. The molecule has 9 heteroatoms. The summed E-state index contributed by atoms with van der Waals surface area (Å²) in [6, 6.07) is 4.42. The van der Waals surface area contributed by atoms with E-state index in [0.717, 1.165) is 0 Å². The molecule has 28 heavy (non-hydrogen) atoms. The van der Waals surface area contributed by atoms with Gasteiger partial charge < -0.3 is 9.26 Å². The zero-order chi connectivity index (χ0) is 20.2. The Kier molecular flexibility index (Phi) is 4.07. The molecule has 3 heterocycles. The molecular weight excluding hydrogens is 365 g/mol. The molecule has 8 nitrogen and oxygen atoms in total. The van der Waals surface area contributed by atoms with Gasteiger partial charge in [0.15, 0.2) is 0 Å². The average molecular weight is 385 g/mol. The lowest BCUT2D eigenvalue weighted by Crippen LogP contribution is -2.25. The molecule has 0 radical (unpaired) electrons. The number of aromatic nitrogens is 5. The second kappa shape index (κ2) is 6.23. The molecule has 0 fully saturated rings. The van der Waals surface area contributed by atoms with Crippen LogP contribution in [-0.4, -0.2) is 31.2 Å². The Bertz CT molecular complexity index is 1250. The Hall–Kier alpha value is -3.07. The molecule has 0 aliphatic carbocycles. The lowest BCUT2D eigenvalue weighted by atomic mass is 10.1. The highest BCUT2D eigenvalue weighted by Gasteiger charge is 2.29. The van der Waals surface area contributed by atoms with Gasteiger partial charge in [-0.25, -0.2) is 9.37 Å². The van der Waals surface area contributed by atoms with Crippen molar-refractivity contribution in [3.05, 3.63) is 46.6 Å². The molecule has 0 spiro atoms. The molecule has 4 aromatic rings. The molecule has 0 aliphatic rings. The number of nitrogens with zero attached hydrogens (tertiary/aromatic N) is 5. The first-order chi connectivity index (χ1) is 13.3. The Morgan fingerprint density at radius 3 is 2.68 bits per heavy atom. The van der Waals surface area contributed by atoms with Gasteiger partial charge in [0.2, 0.25) is 5.82 Å². The largest absolute Gasteiger partial charge is 0.369 e. The summed E-state index contributed by atoms with van der Waals surface area (Å²) in [6.07, 6.45) is 1.47. The normalized spacial score (nSPS) is 12.5. The summed E-state index contributed by atoms with van der Waals surface area (Å²) in [4.78, 5) is 22.0. The lowest BCUT2D eigenvalue weighted by Gasteiger charge is -2.16. The van der Waals surface area contributed by atoms with E-state index in [-0.39, 0.29) is 40.0 Å². The first-order valence-corrected chi connectivity index (χ1v) is 8.85. The highest BCUT2D eigenvalue weighted by Crippen LogP contribution is 2.28. The van der Waals surface area contributed by atoms with Crippen LogP contribution in [-0.2, 0) is 10.3 Å². The molecule has 146 valence electrons. The van der Waals surface area contributed by atoms with E-state index in [1.165, 1.54) is 24.1 Å². The van der Waals surface area contributed by atoms with E-state index in [0.29, 0.717) is 5.52 Å². The molecular formula is C19H20FN5O3. The molecule has 0 bridgehead atoms. The predicted molar refractivity (Wildman–Crippen MR) is 101 cm³/mol. The fraction of sp³-hybridized carbons (Fsp3) is 0.368. The molecule has 1 aromatic carbocycles. The third kappa shape index (κ3) is 2.54. The standard InChI is InChI=1S/C19H20FN5O3/c1-10(2)25-14-11(20)7-6-8-12(14)24-9-21-13(15(24)17(25)26)16-22-18(28-23-16)19(3,4)27-5/h6-10H,1-5H3. The molecule has 0 atom stereocenters. The van der Waals surface area contributed by atoms with Crippen LogP contribution < -0.4 is 5.56 Å². The van der Waals surface area contributed by atoms with Crippen molar-refractivity contribution in [3.63, 3.8) is 0 Å². The van der Waals surface area contributed by atoms with Crippen molar-refractivity contribution in [2.75, 3.05) is 7.11 Å². The maximum Gasteiger partial charge on any atom is 0.278 e. The number of benzene rings is 1. The van der Waals surface area contributed by atoms with Crippen molar-refractivity contribution in [1.82, 2.24) is 24.1 Å². The van der Waals surface area contributed by atoms with E-state index >= 15 is 0 Å². The van der Waals surface area contributed by atoms with Gasteiger partial charge in [-0.1, -0.05) is 11.2 Å². The first kappa shape index (κ1) is 18.3. The summed E-state index contributed by atoms with van der Waals surface area (Å²) < 4.78 is 28.2. The third-order valence-electron chi connectivity index (χ3n) is 4.83. The summed E-state index contributed by atoms with van der Waals surface area (Å²) in [5.41, 5.74) is 0.130. The molecule has 0 aliphatic heterocycles. The molecule has 0 N–H and O–H groups in total. The van der Waals surface area contributed by atoms with Crippen LogP contribution in [0.25, 0.3) is 28.1 Å². The molecule has 0 amide bonds. The number of ether oxygens (including phenoxy) is 1. The second-order valence-corrected chi connectivity index (χ2v) is 7.33. The van der Waals surface area contributed by atoms with E-state index in [9.17, 15) is 9.18 Å². The molecule has 0 saturated heterocycles. The van der Waals surface area contributed by atoms with Crippen molar-refractivity contribution in [2.24, 2.45) is 0 Å². The smallest absolute Gasteiger partial charge is 0.278 e.